The zero-order chi connectivity index (χ0) is 7.15. The first-order chi connectivity index (χ1) is 3.46. The molecular formula is C5H8NiO3. The van der Waals surface area contributed by atoms with Gasteiger partial charge in [0.25, 0.3) is 0 Å². The summed E-state index contributed by atoms with van der Waals surface area (Å²) in [5.74, 6) is -1.17. The molecule has 0 aromatic heterocycles. The fraction of sp³-hybridized carbons (Fsp3) is 0.400. The van der Waals surface area contributed by atoms with Gasteiger partial charge in [-0.2, -0.15) is 0 Å². The second-order valence-electron chi connectivity index (χ2n) is 1.19. The molecule has 0 unspecified atom stereocenters. The van der Waals surface area contributed by atoms with Crippen molar-refractivity contribution in [2.75, 3.05) is 0 Å². The van der Waals surface area contributed by atoms with Gasteiger partial charge in [0.05, 0.1) is 0 Å². The van der Waals surface area contributed by atoms with Crippen molar-refractivity contribution < 1.29 is 31.2 Å². The van der Waals surface area contributed by atoms with E-state index in [9.17, 15) is 4.79 Å². The molecule has 0 heterocycles. The Bertz CT molecular complexity index is 70.2. The monoisotopic (exact) mass is 174 g/mol. The van der Waals surface area contributed by atoms with E-state index in [1.807, 2.05) is 0 Å². The van der Waals surface area contributed by atoms with Crippen LogP contribution in [0.1, 0.15) is 13.8 Å². The molecule has 0 spiro atoms. The second-order valence-corrected chi connectivity index (χ2v) is 1.19. The Hall–Kier alpha value is -0.496. The number of hydrogen-bond acceptors (Lipinski definition) is 3. The van der Waals surface area contributed by atoms with E-state index in [0.29, 0.717) is 0 Å². The molecule has 3 nitrogen and oxygen atoms in total. The van der Waals surface area contributed by atoms with Crippen molar-refractivity contribution in [2.45, 2.75) is 13.8 Å². The molecule has 0 N–H and O–H groups in total. The van der Waals surface area contributed by atoms with Gasteiger partial charge >= 0.3 is 16.5 Å². The first-order valence-corrected chi connectivity index (χ1v) is 1.97. The summed E-state index contributed by atoms with van der Waals surface area (Å²) in [5.41, 5.74) is 0. The van der Waals surface area contributed by atoms with Gasteiger partial charge in [0, 0.05) is 5.97 Å². The van der Waals surface area contributed by atoms with Crippen LogP contribution in [-0.4, -0.2) is 11.8 Å². The summed E-state index contributed by atoms with van der Waals surface area (Å²) in [6, 6.07) is 0. The van der Waals surface area contributed by atoms with E-state index in [2.05, 4.69) is 6.92 Å². The van der Waals surface area contributed by atoms with Gasteiger partial charge in [-0.15, -0.1) is 0 Å². The minimum absolute atomic E-state index is 0. The fourth-order valence-electron chi connectivity index (χ4n) is 0. The normalized spacial score (nSPS) is 5.56. The molecule has 0 amide bonds. The van der Waals surface area contributed by atoms with E-state index in [1.54, 1.807) is 0 Å². The van der Waals surface area contributed by atoms with Gasteiger partial charge in [-0.05, 0) is 19.6 Å². The molecule has 0 radical (unpaired) electrons. The molecule has 56 valence electrons. The molecule has 0 aliphatic carbocycles. The molecule has 4 heteroatoms. The number of aliphatic carboxylic acids is 1. The summed E-state index contributed by atoms with van der Waals surface area (Å²) in [6.07, 6.45) is 0. The molecule has 0 fully saturated rings. The number of ketones is 1. The minimum atomic E-state index is -1.08. The molecule has 0 aromatic rings. The van der Waals surface area contributed by atoms with E-state index in [0.717, 1.165) is 6.92 Å². The van der Waals surface area contributed by atoms with E-state index in [1.165, 1.54) is 6.92 Å². The number of rotatable bonds is 0. The Morgan fingerprint density at radius 2 is 1.33 bits per heavy atom. The maximum absolute atomic E-state index is 9.33. The van der Waals surface area contributed by atoms with Crippen molar-refractivity contribution in [1.82, 2.24) is 0 Å². The molecule has 0 atom stereocenters. The Balaban J connectivity index is -0.0000000720. The number of Topliss-reactive ketones (excluding diaryl/α,β-unsaturated/α-hetero) is 1. The van der Waals surface area contributed by atoms with Crippen molar-refractivity contribution in [3.05, 3.63) is 6.92 Å². The van der Waals surface area contributed by atoms with Crippen molar-refractivity contribution in [1.29, 1.82) is 0 Å². The largest absolute Gasteiger partial charge is 2.00 e. The number of carbonyl (C=O) groups is 2. The van der Waals surface area contributed by atoms with Crippen LogP contribution in [0.5, 0.6) is 0 Å². The summed E-state index contributed by atoms with van der Waals surface area (Å²) < 4.78 is 0. The van der Waals surface area contributed by atoms with E-state index < -0.39 is 5.97 Å². The quantitative estimate of drug-likeness (QED) is 0.356. The van der Waals surface area contributed by atoms with Crippen LogP contribution in [0.3, 0.4) is 0 Å². The van der Waals surface area contributed by atoms with Crippen molar-refractivity contribution in [2.24, 2.45) is 0 Å². The first-order valence-electron chi connectivity index (χ1n) is 1.97. The van der Waals surface area contributed by atoms with E-state index >= 15 is 0 Å². The topological polar surface area (TPSA) is 57.2 Å². The van der Waals surface area contributed by atoms with Crippen LogP contribution < -0.4 is 5.11 Å². The van der Waals surface area contributed by atoms with Crippen LogP contribution in [0.15, 0.2) is 0 Å². The maximum atomic E-state index is 9.33. The van der Waals surface area contributed by atoms with Crippen molar-refractivity contribution in [3.63, 3.8) is 0 Å². The fourth-order valence-corrected chi connectivity index (χ4v) is 0. The zero-order valence-corrected chi connectivity index (χ0v) is 6.24. The van der Waals surface area contributed by atoms with Crippen LogP contribution in [-0.2, 0) is 26.1 Å². The van der Waals surface area contributed by atoms with Gasteiger partial charge in [0.2, 0.25) is 0 Å². The third-order valence-corrected chi connectivity index (χ3v) is 0. The molecule has 0 aliphatic heterocycles. The molecular weight excluding hydrogens is 167 g/mol. The van der Waals surface area contributed by atoms with E-state index in [4.69, 9.17) is 9.90 Å². The zero-order valence-electron chi connectivity index (χ0n) is 5.25. The van der Waals surface area contributed by atoms with Gasteiger partial charge in [-0.3, -0.25) is 0 Å². The van der Waals surface area contributed by atoms with Crippen molar-refractivity contribution >= 4 is 11.8 Å². The number of carbonyl (C=O) groups excluding carboxylic acids is 2. The van der Waals surface area contributed by atoms with Crippen LogP contribution >= 0.6 is 0 Å². The smallest absolute Gasteiger partial charge is 0.550 e. The Morgan fingerprint density at radius 3 is 1.33 bits per heavy atom. The molecule has 0 saturated carbocycles. The molecule has 0 rings (SSSR count). The Kier molecular flexibility index (Phi) is 18.4. The average molecular weight is 175 g/mol. The maximum Gasteiger partial charge on any atom is 2.00 e. The summed E-state index contributed by atoms with van der Waals surface area (Å²) in [5, 5.41) is 8.89. The summed E-state index contributed by atoms with van der Waals surface area (Å²) in [4.78, 5) is 18.2. The van der Waals surface area contributed by atoms with Gasteiger partial charge in [-0.1, -0.05) is 0 Å². The van der Waals surface area contributed by atoms with Gasteiger partial charge < -0.3 is 21.6 Å². The van der Waals surface area contributed by atoms with Crippen molar-refractivity contribution in [3.8, 4) is 0 Å². The van der Waals surface area contributed by atoms with E-state index in [-0.39, 0.29) is 22.3 Å². The standard InChI is InChI=1S/C3H5O.C2H4O2.Ni/c1-3(2)4;1-2(3)4;/h1H2,2H3;1H3,(H,3,4);/q-1;;+2/p-1. The first kappa shape index (κ1) is 15.8. The van der Waals surface area contributed by atoms with Crippen LogP contribution in [0, 0.1) is 6.92 Å². The Morgan fingerprint density at radius 1 is 1.33 bits per heavy atom. The van der Waals surface area contributed by atoms with Crippen LogP contribution in [0.4, 0.5) is 0 Å². The molecule has 0 aliphatic rings. The number of hydrogen-bond donors (Lipinski definition) is 0. The SMILES string of the molecule is CC(=O)[O-].[CH2-]C(C)=O.[Ni+2]. The predicted octanol–water partition coefficient (Wildman–Crippen LogP) is -0.837. The minimum Gasteiger partial charge on any atom is -0.550 e. The number of carboxylic acids is 1. The summed E-state index contributed by atoms with van der Waals surface area (Å²) in [6.45, 7) is 5.39. The average Bonchev–Trinajstić information content (AvgIpc) is 1.25. The molecule has 0 bridgehead atoms. The second kappa shape index (κ2) is 10.5. The Labute approximate surface area is 64.4 Å². The molecule has 0 aromatic carbocycles. The molecule has 9 heavy (non-hydrogen) atoms. The third kappa shape index (κ3) is 922. The van der Waals surface area contributed by atoms with Gasteiger partial charge in [-0.25, -0.2) is 0 Å². The van der Waals surface area contributed by atoms with Crippen LogP contribution in [0.25, 0.3) is 0 Å². The number of carboxylic acid groups (broad SMARTS) is 1. The summed E-state index contributed by atoms with van der Waals surface area (Å²) >= 11 is 0. The third-order valence-electron chi connectivity index (χ3n) is 0. The van der Waals surface area contributed by atoms with Crippen LogP contribution in [0.2, 0.25) is 0 Å². The van der Waals surface area contributed by atoms with Gasteiger partial charge in [0.15, 0.2) is 0 Å². The molecule has 0 saturated heterocycles. The summed E-state index contributed by atoms with van der Waals surface area (Å²) in [7, 11) is 0. The van der Waals surface area contributed by atoms with Gasteiger partial charge in [0.1, 0.15) is 0 Å². The predicted molar refractivity (Wildman–Crippen MR) is 26.7 cm³/mol.